The van der Waals surface area contributed by atoms with Crippen LogP contribution >= 0.6 is 0 Å². The van der Waals surface area contributed by atoms with E-state index in [1.165, 1.54) is 51.4 Å². The predicted octanol–water partition coefficient (Wildman–Crippen LogP) is 4.99. The van der Waals surface area contributed by atoms with Gasteiger partial charge in [-0.25, -0.2) is 0 Å². The van der Waals surface area contributed by atoms with Gasteiger partial charge < -0.3 is 0 Å². The zero-order valence-electron chi connectivity index (χ0n) is 12.5. The van der Waals surface area contributed by atoms with Gasteiger partial charge in [0.2, 0.25) is 0 Å². The van der Waals surface area contributed by atoms with Crippen LogP contribution in [0.1, 0.15) is 78.6 Å². The van der Waals surface area contributed by atoms with Crippen LogP contribution in [0.15, 0.2) is 0 Å². The third-order valence-electron chi connectivity index (χ3n) is 5.27. The van der Waals surface area contributed by atoms with Crippen LogP contribution in [0.3, 0.4) is 0 Å². The van der Waals surface area contributed by atoms with Crippen molar-refractivity contribution in [3.05, 3.63) is 0 Å². The highest BCUT2D eigenvalue weighted by molar-refractivity contribution is 5.87. The lowest BCUT2D eigenvalue weighted by Gasteiger charge is -2.35. The van der Waals surface area contributed by atoms with Crippen molar-refractivity contribution in [2.75, 3.05) is 0 Å². The van der Waals surface area contributed by atoms with Gasteiger partial charge in [0.25, 0.3) is 0 Å². The first-order valence-corrected chi connectivity index (χ1v) is 8.08. The number of ketones is 1. The van der Waals surface area contributed by atoms with Gasteiger partial charge in [0, 0.05) is 11.3 Å². The maximum Gasteiger partial charge on any atom is 0.142 e. The largest absolute Gasteiger partial charge is 0.299 e. The maximum atomic E-state index is 13.0. The summed E-state index contributed by atoms with van der Waals surface area (Å²) in [5, 5.41) is 0. The molecule has 0 aromatic rings. The number of carbonyl (C=O) groups excluding carboxylic acids is 1. The first-order valence-electron chi connectivity index (χ1n) is 8.08. The number of carbonyl (C=O) groups is 1. The molecule has 2 saturated carbocycles. The molecule has 0 radical (unpaired) electrons. The van der Waals surface area contributed by atoms with Gasteiger partial charge in [-0.2, -0.15) is 0 Å². The van der Waals surface area contributed by atoms with Gasteiger partial charge in [-0.1, -0.05) is 46.5 Å². The fourth-order valence-corrected chi connectivity index (χ4v) is 4.34. The Morgan fingerprint density at radius 1 is 1.11 bits per heavy atom. The molecular weight excluding hydrogens is 220 g/mol. The van der Waals surface area contributed by atoms with Gasteiger partial charge in [-0.05, 0) is 43.9 Å². The van der Waals surface area contributed by atoms with E-state index < -0.39 is 0 Å². The SMILES string of the molecule is CC(C)CC1(C(=O)C2CCC(C)CC2)CCCC1. The number of rotatable bonds is 4. The minimum Gasteiger partial charge on any atom is -0.299 e. The summed E-state index contributed by atoms with van der Waals surface area (Å²) in [5.41, 5.74) is 0.0827. The third kappa shape index (κ3) is 2.97. The summed E-state index contributed by atoms with van der Waals surface area (Å²) in [6, 6.07) is 0. The molecule has 1 nitrogen and oxygen atoms in total. The summed E-state index contributed by atoms with van der Waals surface area (Å²) in [6.45, 7) is 6.88. The highest BCUT2D eigenvalue weighted by atomic mass is 16.1. The van der Waals surface area contributed by atoms with Crippen molar-refractivity contribution in [3.63, 3.8) is 0 Å². The normalized spacial score (nSPS) is 31.8. The second-order valence-electron chi connectivity index (χ2n) is 7.41. The summed E-state index contributed by atoms with van der Waals surface area (Å²) in [6.07, 6.45) is 10.9. The van der Waals surface area contributed by atoms with Crippen LogP contribution in [0.25, 0.3) is 0 Å². The number of Topliss-reactive ketones (excluding diaryl/α,β-unsaturated/α-hetero) is 1. The highest BCUT2D eigenvalue weighted by Crippen LogP contribution is 2.47. The molecule has 1 heteroatoms. The lowest BCUT2D eigenvalue weighted by molar-refractivity contribution is -0.135. The molecule has 0 unspecified atom stereocenters. The molecule has 2 aliphatic rings. The van der Waals surface area contributed by atoms with Gasteiger partial charge in [-0.3, -0.25) is 4.79 Å². The lowest BCUT2D eigenvalue weighted by atomic mass is 9.67. The molecule has 0 spiro atoms. The Morgan fingerprint density at radius 2 is 1.67 bits per heavy atom. The molecule has 0 bridgehead atoms. The van der Waals surface area contributed by atoms with Crippen molar-refractivity contribution in [1.29, 1.82) is 0 Å². The Balaban J connectivity index is 2.04. The van der Waals surface area contributed by atoms with Crippen LogP contribution in [0, 0.1) is 23.2 Å². The van der Waals surface area contributed by atoms with Crippen molar-refractivity contribution in [2.24, 2.45) is 23.2 Å². The maximum absolute atomic E-state index is 13.0. The van der Waals surface area contributed by atoms with Gasteiger partial charge in [0.05, 0.1) is 0 Å². The van der Waals surface area contributed by atoms with E-state index in [4.69, 9.17) is 0 Å². The Labute approximate surface area is 113 Å². The molecule has 0 atom stereocenters. The summed E-state index contributed by atoms with van der Waals surface area (Å²) in [7, 11) is 0. The van der Waals surface area contributed by atoms with E-state index in [1.54, 1.807) is 0 Å². The molecule has 0 heterocycles. The quantitative estimate of drug-likeness (QED) is 0.687. The van der Waals surface area contributed by atoms with Crippen molar-refractivity contribution >= 4 is 5.78 Å². The molecular formula is C17H30O. The summed E-state index contributed by atoms with van der Waals surface area (Å²) < 4.78 is 0. The van der Waals surface area contributed by atoms with Crippen LogP contribution in [0.5, 0.6) is 0 Å². The van der Waals surface area contributed by atoms with Crippen LogP contribution < -0.4 is 0 Å². The smallest absolute Gasteiger partial charge is 0.142 e. The van der Waals surface area contributed by atoms with E-state index in [1.807, 2.05) is 0 Å². The third-order valence-corrected chi connectivity index (χ3v) is 5.27. The Morgan fingerprint density at radius 3 is 2.17 bits per heavy atom. The highest BCUT2D eigenvalue weighted by Gasteiger charge is 2.44. The Kier molecular flexibility index (Phi) is 4.50. The molecule has 2 fully saturated rings. The molecule has 0 aromatic carbocycles. The molecule has 0 aromatic heterocycles. The molecule has 2 rings (SSSR count). The van der Waals surface area contributed by atoms with E-state index in [-0.39, 0.29) is 5.41 Å². The fourth-order valence-electron chi connectivity index (χ4n) is 4.34. The van der Waals surface area contributed by atoms with Crippen molar-refractivity contribution in [1.82, 2.24) is 0 Å². The second-order valence-corrected chi connectivity index (χ2v) is 7.41. The van der Waals surface area contributed by atoms with Crippen molar-refractivity contribution in [3.8, 4) is 0 Å². The molecule has 18 heavy (non-hydrogen) atoms. The fraction of sp³-hybridized carbons (Fsp3) is 0.941. The lowest BCUT2D eigenvalue weighted by Crippen LogP contribution is -2.36. The Hall–Kier alpha value is -0.330. The molecule has 0 aliphatic heterocycles. The summed E-state index contributed by atoms with van der Waals surface area (Å²) >= 11 is 0. The van der Waals surface area contributed by atoms with Gasteiger partial charge in [-0.15, -0.1) is 0 Å². The zero-order chi connectivity index (χ0) is 13.2. The summed E-state index contributed by atoms with van der Waals surface area (Å²) in [5.74, 6) is 2.56. The first-order chi connectivity index (χ1) is 8.53. The van der Waals surface area contributed by atoms with Crippen molar-refractivity contribution in [2.45, 2.75) is 78.6 Å². The predicted molar refractivity (Wildman–Crippen MR) is 76.5 cm³/mol. The minimum atomic E-state index is 0.0827. The van der Waals surface area contributed by atoms with Gasteiger partial charge in [0.15, 0.2) is 0 Å². The molecule has 0 saturated heterocycles. The monoisotopic (exact) mass is 250 g/mol. The average Bonchev–Trinajstić information content (AvgIpc) is 2.78. The van der Waals surface area contributed by atoms with E-state index in [9.17, 15) is 4.79 Å². The number of hydrogen-bond donors (Lipinski definition) is 0. The average molecular weight is 250 g/mol. The first kappa shape index (κ1) is 14.1. The van der Waals surface area contributed by atoms with Crippen LogP contribution in [-0.4, -0.2) is 5.78 Å². The Bertz CT molecular complexity index is 278. The zero-order valence-corrected chi connectivity index (χ0v) is 12.5. The molecule has 0 N–H and O–H groups in total. The minimum absolute atomic E-state index is 0.0827. The van der Waals surface area contributed by atoms with E-state index in [0.717, 1.165) is 12.3 Å². The molecule has 2 aliphatic carbocycles. The standard InChI is InChI=1S/C17H30O/c1-13(2)12-17(10-4-5-11-17)16(18)15-8-6-14(3)7-9-15/h13-15H,4-12H2,1-3H3. The molecule has 0 amide bonds. The summed E-state index contributed by atoms with van der Waals surface area (Å²) in [4.78, 5) is 13.0. The second kappa shape index (κ2) is 5.75. The van der Waals surface area contributed by atoms with E-state index >= 15 is 0 Å². The van der Waals surface area contributed by atoms with Crippen LogP contribution in [0.2, 0.25) is 0 Å². The van der Waals surface area contributed by atoms with E-state index in [2.05, 4.69) is 20.8 Å². The topological polar surface area (TPSA) is 17.1 Å². The van der Waals surface area contributed by atoms with E-state index in [0.29, 0.717) is 17.6 Å². The van der Waals surface area contributed by atoms with Crippen LogP contribution in [-0.2, 0) is 4.79 Å². The number of hydrogen-bond acceptors (Lipinski definition) is 1. The van der Waals surface area contributed by atoms with Gasteiger partial charge >= 0.3 is 0 Å². The van der Waals surface area contributed by atoms with Gasteiger partial charge in [0.1, 0.15) is 5.78 Å². The molecule has 104 valence electrons. The van der Waals surface area contributed by atoms with Crippen molar-refractivity contribution < 1.29 is 4.79 Å². The van der Waals surface area contributed by atoms with Crippen LogP contribution in [0.4, 0.5) is 0 Å².